The SMILES string of the molecule is CCc1cc(C)cc(CC)c1C1C(=O)CC(CCCSc2ccc(C(F)(F)F)cc2)CC1=O. The maximum absolute atomic E-state index is 13.1. The number of carbonyl (C=O) groups is 2. The molecule has 1 aliphatic carbocycles. The van der Waals surface area contributed by atoms with Gasteiger partial charge in [0.05, 0.1) is 5.56 Å². The standard InChI is InChI=1S/C27H31F3O2S/c1-4-19-13-17(3)14-20(5-2)25(19)26-23(31)15-18(16-24(26)32)7-6-12-33-22-10-8-21(9-11-22)27(28,29)30/h8-11,13-14,18,26H,4-7,12,15-16H2,1-3H3. The Hall–Kier alpha value is -2.08. The fourth-order valence-corrected chi connectivity index (χ4v) is 5.67. The number of carbonyl (C=O) groups excluding carboxylic acids is 2. The molecule has 0 heterocycles. The summed E-state index contributed by atoms with van der Waals surface area (Å²) in [6.07, 6.45) is -0.310. The molecule has 6 heteroatoms. The van der Waals surface area contributed by atoms with Gasteiger partial charge in [-0.1, -0.05) is 31.5 Å². The number of alkyl halides is 3. The molecular formula is C27H31F3O2S. The van der Waals surface area contributed by atoms with Crippen LogP contribution < -0.4 is 0 Å². The van der Waals surface area contributed by atoms with Crippen molar-refractivity contribution in [3.05, 3.63) is 64.2 Å². The molecule has 1 saturated carbocycles. The minimum Gasteiger partial charge on any atom is -0.299 e. The molecule has 0 saturated heterocycles. The van der Waals surface area contributed by atoms with Crippen LogP contribution in [0.3, 0.4) is 0 Å². The van der Waals surface area contributed by atoms with Crippen molar-refractivity contribution in [3.63, 3.8) is 0 Å². The van der Waals surface area contributed by atoms with Crippen LogP contribution in [0.25, 0.3) is 0 Å². The van der Waals surface area contributed by atoms with Gasteiger partial charge in [-0.05, 0) is 85.2 Å². The average Bonchev–Trinajstić information content (AvgIpc) is 2.76. The Bertz CT molecular complexity index is 952. The summed E-state index contributed by atoms with van der Waals surface area (Å²) in [6.45, 7) is 6.17. The third-order valence-corrected chi connectivity index (χ3v) is 7.48. The van der Waals surface area contributed by atoms with Gasteiger partial charge in [0, 0.05) is 17.7 Å². The summed E-state index contributed by atoms with van der Waals surface area (Å²) in [4.78, 5) is 27.0. The normalized spacial score (nSPS) is 19.2. The Morgan fingerprint density at radius 2 is 1.48 bits per heavy atom. The topological polar surface area (TPSA) is 34.1 Å². The molecule has 2 aromatic carbocycles. The number of Topliss-reactive ketones (excluding diaryl/α,β-unsaturated/α-hetero) is 2. The molecule has 0 amide bonds. The van der Waals surface area contributed by atoms with Crippen molar-refractivity contribution in [2.75, 3.05) is 5.75 Å². The minimum absolute atomic E-state index is 0.0277. The lowest BCUT2D eigenvalue weighted by Gasteiger charge is -2.29. The second-order valence-electron chi connectivity index (χ2n) is 8.86. The van der Waals surface area contributed by atoms with Gasteiger partial charge in [-0.3, -0.25) is 9.59 Å². The second kappa shape index (κ2) is 10.9. The van der Waals surface area contributed by atoms with Crippen LogP contribution in [-0.2, 0) is 28.6 Å². The zero-order chi connectivity index (χ0) is 24.2. The summed E-state index contributed by atoms with van der Waals surface area (Å²) in [5.74, 6) is 0.217. The van der Waals surface area contributed by atoms with Gasteiger partial charge in [-0.2, -0.15) is 13.2 Å². The van der Waals surface area contributed by atoms with Crippen LogP contribution in [0.15, 0.2) is 41.3 Å². The van der Waals surface area contributed by atoms with Gasteiger partial charge in [-0.15, -0.1) is 11.8 Å². The van der Waals surface area contributed by atoms with Crippen LogP contribution >= 0.6 is 11.8 Å². The van der Waals surface area contributed by atoms with E-state index in [1.54, 1.807) is 0 Å². The smallest absolute Gasteiger partial charge is 0.299 e. The largest absolute Gasteiger partial charge is 0.416 e. The molecule has 1 aliphatic rings. The van der Waals surface area contributed by atoms with Gasteiger partial charge in [0.15, 0.2) is 0 Å². The number of rotatable bonds is 8. The molecule has 0 bridgehead atoms. The van der Waals surface area contributed by atoms with E-state index < -0.39 is 17.7 Å². The first-order chi connectivity index (χ1) is 15.6. The molecule has 33 heavy (non-hydrogen) atoms. The Morgan fingerprint density at radius 1 is 0.939 bits per heavy atom. The molecule has 178 valence electrons. The number of halogens is 3. The Labute approximate surface area is 198 Å². The van der Waals surface area contributed by atoms with Gasteiger partial charge in [-0.25, -0.2) is 0 Å². The minimum atomic E-state index is -4.32. The predicted octanol–water partition coefficient (Wildman–Crippen LogP) is 7.34. The first-order valence-electron chi connectivity index (χ1n) is 11.6. The molecular weight excluding hydrogens is 445 g/mol. The Balaban J connectivity index is 1.57. The summed E-state index contributed by atoms with van der Waals surface area (Å²) in [5.41, 5.74) is 3.66. The van der Waals surface area contributed by atoms with Crippen molar-refractivity contribution in [2.24, 2.45) is 5.92 Å². The van der Waals surface area contributed by atoms with Crippen LogP contribution in [0.2, 0.25) is 0 Å². The first kappa shape index (κ1) is 25.5. The van der Waals surface area contributed by atoms with E-state index in [4.69, 9.17) is 0 Å². The maximum Gasteiger partial charge on any atom is 0.416 e. The molecule has 0 aromatic heterocycles. The lowest BCUT2D eigenvalue weighted by molar-refractivity contribution is -0.137. The first-order valence-corrected chi connectivity index (χ1v) is 12.6. The van der Waals surface area contributed by atoms with Crippen molar-refractivity contribution in [3.8, 4) is 0 Å². The predicted molar refractivity (Wildman–Crippen MR) is 127 cm³/mol. The Morgan fingerprint density at radius 3 is 1.97 bits per heavy atom. The van der Waals surface area contributed by atoms with Gasteiger partial charge in [0.25, 0.3) is 0 Å². The van der Waals surface area contributed by atoms with Crippen molar-refractivity contribution >= 4 is 23.3 Å². The summed E-state index contributed by atoms with van der Waals surface area (Å²) < 4.78 is 38.0. The summed E-state index contributed by atoms with van der Waals surface area (Å²) in [7, 11) is 0. The summed E-state index contributed by atoms with van der Waals surface area (Å²) in [6, 6.07) is 9.37. The number of ketones is 2. The zero-order valence-electron chi connectivity index (χ0n) is 19.4. The molecule has 0 N–H and O–H groups in total. The highest BCUT2D eigenvalue weighted by molar-refractivity contribution is 7.99. The van der Waals surface area contributed by atoms with E-state index in [2.05, 4.69) is 26.0 Å². The molecule has 0 radical (unpaired) electrons. The number of thioether (sulfide) groups is 1. The molecule has 0 aliphatic heterocycles. The van der Waals surface area contributed by atoms with Gasteiger partial charge >= 0.3 is 6.18 Å². The lowest BCUT2D eigenvalue weighted by atomic mass is 9.72. The highest BCUT2D eigenvalue weighted by Gasteiger charge is 2.38. The van der Waals surface area contributed by atoms with E-state index in [0.29, 0.717) is 12.8 Å². The van der Waals surface area contributed by atoms with E-state index in [1.807, 2.05) is 6.92 Å². The number of aryl methyl sites for hydroxylation is 3. The van der Waals surface area contributed by atoms with Crippen molar-refractivity contribution in [1.29, 1.82) is 0 Å². The maximum atomic E-state index is 13.1. The molecule has 0 unspecified atom stereocenters. The van der Waals surface area contributed by atoms with Crippen LogP contribution in [-0.4, -0.2) is 17.3 Å². The van der Waals surface area contributed by atoms with Crippen molar-refractivity contribution in [1.82, 2.24) is 0 Å². The van der Waals surface area contributed by atoms with Crippen LogP contribution in [0.1, 0.15) is 73.3 Å². The molecule has 2 nitrogen and oxygen atoms in total. The zero-order valence-corrected chi connectivity index (χ0v) is 20.2. The van der Waals surface area contributed by atoms with Gasteiger partial charge in [0.1, 0.15) is 17.5 Å². The van der Waals surface area contributed by atoms with Crippen LogP contribution in [0, 0.1) is 12.8 Å². The molecule has 1 fully saturated rings. The fraction of sp³-hybridized carbons (Fsp3) is 0.481. The number of hydrogen-bond donors (Lipinski definition) is 0. The quantitative estimate of drug-likeness (QED) is 0.227. The monoisotopic (exact) mass is 476 g/mol. The van der Waals surface area contributed by atoms with Gasteiger partial charge in [0.2, 0.25) is 0 Å². The molecule has 0 atom stereocenters. The van der Waals surface area contributed by atoms with Crippen molar-refractivity contribution < 1.29 is 22.8 Å². The third kappa shape index (κ3) is 6.28. The fourth-order valence-electron chi connectivity index (χ4n) is 4.79. The molecule has 2 aromatic rings. The average molecular weight is 477 g/mol. The molecule has 0 spiro atoms. The van der Waals surface area contributed by atoms with E-state index in [-0.39, 0.29) is 17.5 Å². The highest BCUT2D eigenvalue weighted by Crippen LogP contribution is 2.37. The van der Waals surface area contributed by atoms with Gasteiger partial charge < -0.3 is 0 Å². The number of hydrogen-bond acceptors (Lipinski definition) is 3. The summed E-state index contributed by atoms with van der Waals surface area (Å²) in [5, 5.41) is 0. The third-order valence-electron chi connectivity index (χ3n) is 6.38. The van der Waals surface area contributed by atoms with Crippen LogP contribution in [0.5, 0.6) is 0 Å². The molecule has 3 rings (SSSR count). The van der Waals surface area contributed by atoms with E-state index in [1.165, 1.54) is 23.9 Å². The number of benzene rings is 2. The van der Waals surface area contributed by atoms with E-state index >= 15 is 0 Å². The second-order valence-corrected chi connectivity index (χ2v) is 10.0. The lowest BCUT2D eigenvalue weighted by Crippen LogP contribution is -2.33. The summed E-state index contributed by atoms with van der Waals surface area (Å²) >= 11 is 1.50. The van der Waals surface area contributed by atoms with E-state index in [9.17, 15) is 22.8 Å². The Kier molecular flexibility index (Phi) is 8.43. The highest BCUT2D eigenvalue weighted by atomic mass is 32.2. The van der Waals surface area contributed by atoms with Crippen LogP contribution in [0.4, 0.5) is 13.2 Å². The van der Waals surface area contributed by atoms with E-state index in [0.717, 1.165) is 70.7 Å². The van der Waals surface area contributed by atoms with Crippen molar-refractivity contribution in [2.45, 2.75) is 76.3 Å².